The molecule has 1 heterocycles. The molecule has 5 heteroatoms. The van der Waals surface area contributed by atoms with Crippen LogP contribution in [0.25, 0.3) is 0 Å². The highest BCUT2D eigenvalue weighted by molar-refractivity contribution is 5.93. The van der Waals surface area contributed by atoms with Crippen LogP contribution in [0, 0.1) is 5.92 Å². The summed E-state index contributed by atoms with van der Waals surface area (Å²) in [6.07, 6.45) is 2.28. The number of carbonyl (C=O) groups is 2. The van der Waals surface area contributed by atoms with E-state index in [-0.39, 0.29) is 23.5 Å². The lowest BCUT2D eigenvalue weighted by atomic mass is 10.2. The van der Waals surface area contributed by atoms with Crippen LogP contribution >= 0.6 is 0 Å². The molecule has 2 N–H and O–H groups in total. The molecule has 0 spiro atoms. The molecule has 0 saturated heterocycles. The molecule has 1 aromatic heterocycles. The summed E-state index contributed by atoms with van der Waals surface area (Å²) < 4.78 is 4.90. The van der Waals surface area contributed by atoms with Gasteiger partial charge in [-0.25, -0.2) is 4.79 Å². The van der Waals surface area contributed by atoms with Crippen molar-refractivity contribution in [2.45, 2.75) is 25.8 Å². The molecule has 0 aliphatic heterocycles. The molecule has 5 nitrogen and oxygen atoms in total. The number of rotatable bonds is 4. The lowest BCUT2D eigenvalue weighted by Crippen LogP contribution is -2.33. The topological polar surface area (TPSA) is 79.5 Å². The van der Waals surface area contributed by atoms with E-state index in [9.17, 15) is 9.59 Å². The maximum Gasteiger partial charge on any atom is 0.371 e. The fourth-order valence-electron chi connectivity index (χ4n) is 1.57. The van der Waals surface area contributed by atoms with Crippen molar-refractivity contribution in [3.8, 4) is 0 Å². The Morgan fingerprint density at radius 2 is 2.06 bits per heavy atom. The first-order valence-corrected chi connectivity index (χ1v) is 5.22. The first kappa shape index (κ1) is 10.7. The molecule has 16 heavy (non-hydrogen) atoms. The molecule has 0 radical (unpaired) electrons. The summed E-state index contributed by atoms with van der Waals surface area (Å²) >= 11 is 0. The summed E-state index contributed by atoms with van der Waals surface area (Å²) in [5, 5.41) is 11.4. The minimum Gasteiger partial charge on any atom is -0.475 e. The summed E-state index contributed by atoms with van der Waals surface area (Å²) in [4.78, 5) is 22.2. The van der Waals surface area contributed by atoms with Crippen molar-refractivity contribution in [1.29, 1.82) is 0 Å². The zero-order valence-electron chi connectivity index (χ0n) is 8.90. The highest BCUT2D eigenvalue weighted by atomic mass is 16.4. The number of aromatic carboxylic acids is 1. The molecular formula is C11H13NO4. The van der Waals surface area contributed by atoms with Crippen molar-refractivity contribution in [2.24, 2.45) is 5.92 Å². The van der Waals surface area contributed by atoms with Gasteiger partial charge in [0.05, 0.1) is 0 Å². The van der Waals surface area contributed by atoms with Gasteiger partial charge >= 0.3 is 5.97 Å². The van der Waals surface area contributed by atoms with E-state index in [1.54, 1.807) is 0 Å². The van der Waals surface area contributed by atoms with Crippen LogP contribution < -0.4 is 5.32 Å². The highest BCUT2D eigenvalue weighted by Crippen LogP contribution is 2.32. The van der Waals surface area contributed by atoms with Crippen molar-refractivity contribution in [3.63, 3.8) is 0 Å². The predicted octanol–water partition coefficient (Wildman–Crippen LogP) is 1.51. The normalized spacial score (nSPS) is 16.8. The van der Waals surface area contributed by atoms with Crippen LogP contribution in [0.15, 0.2) is 16.5 Å². The average Bonchev–Trinajstić information content (AvgIpc) is 2.95. The molecule has 0 bridgehead atoms. The molecule has 1 atom stereocenters. The predicted molar refractivity (Wildman–Crippen MR) is 55.3 cm³/mol. The summed E-state index contributed by atoms with van der Waals surface area (Å²) in [6, 6.07) is 2.77. The van der Waals surface area contributed by atoms with E-state index < -0.39 is 5.97 Å². The van der Waals surface area contributed by atoms with E-state index in [0.717, 1.165) is 12.8 Å². The maximum absolute atomic E-state index is 11.6. The lowest BCUT2D eigenvalue weighted by Gasteiger charge is -2.10. The van der Waals surface area contributed by atoms with E-state index in [0.29, 0.717) is 5.92 Å². The first-order chi connectivity index (χ1) is 7.58. The number of hydrogen-bond donors (Lipinski definition) is 2. The Kier molecular flexibility index (Phi) is 2.68. The second kappa shape index (κ2) is 4.00. The van der Waals surface area contributed by atoms with Crippen LogP contribution in [0.2, 0.25) is 0 Å². The molecule has 1 unspecified atom stereocenters. The third-order valence-electron chi connectivity index (χ3n) is 2.73. The van der Waals surface area contributed by atoms with Gasteiger partial charge in [-0.3, -0.25) is 4.79 Å². The largest absolute Gasteiger partial charge is 0.475 e. The second-order valence-corrected chi connectivity index (χ2v) is 4.07. The second-order valence-electron chi connectivity index (χ2n) is 4.07. The van der Waals surface area contributed by atoms with Crippen LogP contribution in [-0.4, -0.2) is 23.0 Å². The lowest BCUT2D eigenvalue weighted by molar-refractivity contribution is 0.0659. The SMILES string of the molecule is CC(NC(=O)c1ccc(C(=O)O)o1)C1CC1. The summed E-state index contributed by atoms with van der Waals surface area (Å²) in [7, 11) is 0. The van der Waals surface area contributed by atoms with Gasteiger partial charge in [-0.2, -0.15) is 0 Å². The van der Waals surface area contributed by atoms with Crippen molar-refractivity contribution >= 4 is 11.9 Å². The van der Waals surface area contributed by atoms with Crippen molar-refractivity contribution in [3.05, 3.63) is 23.7 Å². The Morgan fingerprint density at radius 1 is 1.44 bits per heavy atom. The van der Waals surface area contributed by atoms with E-state index >= 15 is 0 Å². The number of hydrogen-bond acceptors (Lipinski definition) is 3. The highest BCUT2D eigenvalue weighted by Gasteiger charge is 2.29. The van der Waals surface area contributed by atoms with Crippen molar-refractivity contribution in [2.75, 3.05) is 0 Å². The standard InChI is InChI=1S/C11H13NO4/c1-6(7-2-3-7)12-10(13)8-4-5-9(16-8)11(14)15/h4-7H,2-3H2,1H3,(H,12,13)(H,14,15). The van der Waals surface area contributed by atoms with Gasteiger partial charge in [0.25, 0.3) is 5.91 Å². The fourth-order valence-corrected chi connectivity index (χ4v) is 1.57. The molecule has 0 aromatic carbocycles. The number of carbonyl (C=O) groups excluding carboxylic acids is 1. The molecule has 1 aliphatic rings. The monoisotopic (exact) mass is 223 g/mol. The number of furan rings is 1. The van der Waals surface area contributed by atoms with E-state index in [4.69, 9.17) is 9.52 Å². The van der Waals surface area contributed by atoms with Gasteiger partial charge in [0, 0.05) is 6.04 Å². The van der Waals surface area contributed by atoms with Crippen LogP contribution in [-0.2, 0) is 0 Å². The van der Waals surface area contributed by atoms with Gasteiger partial charge in [-0.05, 0) is 37.8 Å². The van der Waals surface area contributed by atoms with Crippen LogP contribution in [0.1, 0.15) is 40.9 Å². The molecule has 1 saturated carbocycles. The molecule has 86 valence electrons. The third-order valence-corrected chi connectivity index (χ3v) is 2.73. The molecule has 1 fully saturated rings. The smallest absolute Gasteiger partial charge is 0.371 e. The third kappa shape index (κ3) is 2.24. The number of carboxylic acid groups (broad SMARTS) is 1. The first-order valence-electron chi connectivity index (χ1n) is 5.22. The minimum absolute atomic E-state index is 0.0462. The molecule has 1 aliphatic carbocycles. The summed E-state index contributed by atoms with van der Waals surface area (Å²) in [5.74, 6) is -1.15. The Hall–Kier alpha value is -1.78. The molecular weight excluding hydrogens is 210 g/mol. The van der Waals surface area contributed by atoms with E-state index in [2.05, 4.69) is 5.32 Å². The maximum atomic E-state index is 11.6. The average molecular weight is 223 g/mol. The molecule has 1 aromatic rings. The summed E-state index contributed by atoms with van der Waals surface area (Å²) in [5.41, 5.74) is 0. The Balaban J connectivity index is 1.99. The van der Waals surface area contributed by atoms with Crippen molar-refractivity contribution < 1.29 is 19.1 Å². The number of carboxylic acids is 1. The van der Waals surface area contributed by atoms with E-state index in [1.807, 2.05) is 6.92 Å². The van der Waals surface area contributed by atoms with Gasteiger partial charge in [0.2, 0.25) is 5.76 Å². The van der Waals surface area contributed by atoms with Gasteiger partial charge in [-0.15, -0.1) is 0 Å². The van der Waals surface area contributed by atoms with Crippen LogP contribution in [0.5, 0.6) is 0 Å². The van der Waals surface area contributed by atoms with Crippen molar-refractivity contribution in [1.82, 2.24) is 5.32 Å². The van der Waals surface area contributed by atoms with Gasteiger partial charge in [0.1, 0.15) is 0 Å². The number of amides is 1. The fraction of sp³-hybridized carbons (Fsp3) is 0.455. The van der Waals surface area contributed by atoms with E-state index in [1.165, 1.54) is 12.1 Å². The quantitative estimate of drug-likeness (QED) is 0.810. The van der Waals surface area contributed by atoms with Gasteiger partial charge in [-0.1, -0.05) is 0 Å². The zero-order chi connectivity index (χ0) is 11.7. The van der Waals surface area contributed by atoms with Crippen LogP contribution in [0.4, 0.5) is 0 Å². The Labute approximate surface area is 92.4 Å². The zero-order valence-corrected chi connectivity index (χ0v) is 8.90. The van der Waals surface area contributed by atoms with Crippen LogP contribution in [0.3, 0.4) is 0 Å². The Bertz CT molecular complexity index is 419. The minimum atomic E-state index is -1.17. The Morgan fingerprint density at radius 3 is 2.56 bits per heavy atom. The molecule has 1 amide bonds. The summed E-state index contributed by atoms with van der Waals surface area (Å²) in [6.45, 7) is 1.94. The number of nitrogens with one attached hydrogen (secondary N) is 1. The van der Waals surface area contributed by atoms with Gasteiger partial charge in [0.15, 0.2) is 5.76 Å². The molecule has 2 rings (SSSR count). The van der Waals surface area contributed by atoms with Gasteiger partial charge < -0.3 is 14.8 Å².